The lowest BCUT2D eigenvalue weighted by molar-refractivity contribution is -0.136. The molecule has 1 saturated carbocycles. The summed E-state index contributed by atoms with van der Waals surface area (Å²) < 4.78 is 0. The van der Waals surface area contributed by atoms with Crippen LogP contribution in [0.4, 0.5) is 0 Å². The number of hydrogen-bond donors (Lipinski definition) is 1. The molecule has 1 amide bonds. The Morgan fingerprint density at radius 1 is 1.21 bits per heavy atom. The van der Waals surface area contributed by atoms with Gasteiger partial charge in [-0.2, -0.15) is 0 Å². The zero-order chi connectivity index (χ0) is 13.5. The maximum Gasteiger partial charge on any atom is 0.225 e. The van der Waals surface area contributed by atoms with Gasteiger partial charge in [-0.3, -0.25) is 4.79 Å². The van der Waals surface area contributed by atoms with Crippen molar-refractivity contribution in [3.63, 3.8) is 0 Å². The van der Waals surface area contributed by atoms with Crippen LogP contribution in [0.15, 0.2) is 0 Å². The minimum Gasteiger partial charge on any atom is -0.341 e. The first-order valence-corrected chi connectivity index (χ1v) is 8.30. The van der Waals surface area contributed by atoms with Gasteiger partial charge in [0.15, 0.2) is 0 Å². The van der Waals surface area contributed by atoms with Crippen LogP contribution in [0, 0.1) is 11.8 Å². The maximum atomic E-state index is 12.7. The quantitative estimate of drug-likeness (QED) is 0.830. The molecule has 1 unspecified atom stereocenters. The van der Waals surface area contributed by atoms with E-state index in [0.29, 0.717) is 11.8 Å². The van der Waals surface area contributed by atoms with Gasteiger partial charge in [0.05, 0.1) is 0 Å². The minimum absolute atomic E-state index is 0.297. The summed E-state index contributed by atoms with van der Waals surface area (Å²) in [4.78, 5) is 14.8. The van der Waals surface area contributed by atoms with E-state index in [0.717, 1.165) is 57.8 Å². The van der Waals surface area contributed by atoms with Gasteiger partial charge in [-0.05, 0) is 31.7 Å². The van der Waals surface area contributed by atoms with E-state index >= 15 is 0 Å². The lowest BCUT2D eigenvalue weighted by Crippen LogP contribution is -2.39. The van der Waals surface area contributed by atoms with Crippen LogP contribution in [-0.2, 0) is 4.79 Å². The van der Waals surface area contributed by atoms with Gasteiger partial charge in [-0.25, -0.2) is 0 Å². The van der Waals surface area contributed by atoms with Gasteiger partial charge in [0.2, 0.25) is 5.91 Å². The van der Waals surface area contributed by atoms with E-state index in [1.165, 1.54) is 25.7 Å². The lowest BCUT2D eigenvalue weighted by Gasteiger charge is -2.27. The normalized spacial score (nSPS) is 23.3. The maximum absolute atomic E-state index is 12.7. The molecule has 1 saturated heterocycles. The summed E-state index contributed by atoms with van der Waals surface area (Å²) >= 11 is 0. The number of carbonyl (C=O) groups is 1. The summed E-state index contributed by atoms with van der Waals surface area (Å²) in [6.45, 7) is 6.10. The molecule has 2 rings (SSSR count). The molecule has 0 aromatic rings. The highest BCUT2D eigenvalue weighted by molar-refractivity contribution is 5.78. The van der Waals surface area contributed by atoms with Crippen LogP contribution in [0.5, 0.6) is 0 Å². The molecule has 0 spiro atoms. The van der Waals surface area contributed by atoms with Crippen molar-refractivity contribution in [3.05, 3.63) is 0 Å². The van der Waals surface area contributed by atoms with Gasteiger partial charge in [-0.15, -0.1) is 0 Å². The molecule has 0 aromatic heterocycles. The third-order valence-electron chi connectivity index (χ3n) is 4.73. The second-order valence-electron chi connectivity index (χ2n) is 6.30. The average Bonchev–Trinajstić information content (AvgIpc) is 2.77. The predicted molar refractivity (Wildman–Crippen MR) is 79.0 cm³/mol. The fourth-order valence-electron chi connectivity index (χ4n) is 3.66. The SMILES string of the molecule is CCCC(CC1CCCC1)C(=O)N1CCCNCC1. The molecule has 1 aliphatic heterocycles. The molecule has 2 aliphatic rings. The molecule has 1 N–H and O–H groups in total. The highest BCUT2D eigenvalue weighted by atomic mass is 16.2. The Hall–Kier alpha value is -0.570. The number of hydrogen-bond acceptors (Lipinski definition) is 2. The Morgan fingerprint density at radius 2 is 2.00 bits per heavy atom. The molecule has 3 heteroatoms. The smallest absolute Gasteiger partial charge is 0.225 e. The van der Waals surface area contributed by atoms with Crippen LogP contribution in [0.3, 0.4) is 0 Å². The van der Waals surface area contributed by atoms with E-state index in [1.54, 1.807) is 0 Å². The summed E-state index contributed by atoms with van der Waals surface area (Å²) in [7, 11) is 0. The van der Waals surface area contributed by atoms with Crippen LogP contribution in [0.25, 0.3) is 0 Å². The zero-order valence-electron chi connectivity index (χ0n) is 12.5. The van der Waals surface area contributed by atoms with Gasteiger partial charge >= 0.3 is 0 Å². The Kier molecular flexibility index (Phi) is 6.15. The monoisotopic (exact) mass is 266 g/mol. The van der Waals surface area contributed by atoms with Crippen LogP contribution >= 0.6 is 0 Å². The van der Waals surface area contributed by atoms with Crippen molar-refractivity contribution in [1.29, 1.82) is 0 Å². The first kappa shape index (κ1) is 14.8. The van der Waals surface area contributed by atoms with Gasteiger partial charge < -0.3 is 10.2 Å². The fraction of sp³-hybridized carbons (Fsp3) is 0.938. The van der Waals surface area contributed by atoms with E-state index in [1.807, 2.05) is 0 Å². The fourth-order valence-corrected chi connectivity index (χ4v) is 3.66. The van der Waals surface area contributed by atoms with Crippen molar-refractivity contribution >= 4 is 5.91 Å². The number of nitrogens with one attached hydrogen (secondary N) is 1. The molecule has 1 atom stereocenters. The van der Waals surface area contributed by atoms with Crippen molar-refractivity contribution in [2.24, 2.45) is 11.8 Å². The van der Waals surface area contributed by atoms with Gasteiger partial charge in [0, 0.05) is 25.6 Å². The first-order chi connectivity index (χ1) is 9.31. The molecule has 110 valence electrons. The van der Waals surface area contributed by atoms with Gasteiger partial charge in [-0.1, -0.05) is 39.0 Å². The summed E-state index contributed by atoms with van der Waals surface area (Å²) in [6.07, 6.45) is 9.94. The van der Waals surface area contributed by atoms with Crippen molar-refractivity contribution in [2.45, 2.75) is 58.3 Å². The molecular formula is C16H30N2O. The molecule has 0 aromatic carbocycles. The Bertz CT molecular complexity index is 266. The number of nitrogens with zero attached hydrogens (tertiary/aromatic N) is 1. The Balaban J connectivity index is 1.89. The topological polar surface area (TPSA) is 32.3 Å². The Labute approximate surface area is 118 Å². The van der Waals surface area contributed by atoms with E-state index in [9.17, 15) is 4.79 Å². The van der Waals surface area contributed by atoms with Gasteiger partial charge in [0.1, 0.15) is 0 Å². The second kappa shape index (κ2) is 7.88. The van der Waals surface area contributed by atoms with E-state index in [4.69, 9.17) is 0 Å². The predicted octanol–water partition coefficient (Wildman–Crippen LogP) is 2.80. The average molecular weight is 266 g/mol. The lowest BCUT2D eigenvalue weighted by atomic mass is 9.89. The molecule has 1 heterocycles. The molecular weight excluding hydrogens is 236 g/mol. The standard InChI is InChI=1S/C16H30N2O/c1-2-6-15(13-14-7-3-4-8-14)16(19)18-11-5-9-17-10-12-18/h14-15,17H,2-13H2,1H3. The minimum atomic E-state index is 0.297. The van der Waals surface area contributed by atoms with Crippen LogP contribution < -0.4 is 5.32 Å². The largest absolute Gasteiger partial charge is 0.341 e. The summed E-state index contributed by atoms with van der Waals surface area (Å²) in [5, 5.41) is 3.38. The summed E-state index contributed by atoms with van der Waals surface area (Å²) in [5.41, 5.74) is 0. The van der Waals surface area contributed by atoms with E-state index in [2.05, 4.69) is 17.1 Å². The molecule has 3 nitrogen and oxygen atoms in total. The van der Waals surface area contributed by atoms with Crippen molar-refractivity contribution in [1.82, 2.24) is 10.2 Å². The highest BCUT2D eigenvalue weighted by Gasteiger charge is 2.28. The van der Waals surface area contributed by atoms with Gasteiger partial charge in [0.25, 0.3) is 0 Å². The number of amides is 1. The third-order valence-corrected chi connectivity index (χ3v) is 4.73. The molecule has 2 fully saturated rings. The number of rotatable bonds is 5. The molecule has 0 bridgehead atoms. The van der Waals surface area contributed by atoms with Crippen LogP contribution in [0.2, 0.25) is 0 Å². The number of carbonyl (C=O) groups excluding carboxylic acids is 1. The second-order valence-corrected chi connectivity index (χ2v) is 6.30. The molecule has 19 heavy (non-hydrogen) atoms. The highest BCUT2D eigenvalue weighted by Crippen LogP contribution is 2.32. The van der Waals surface area contributed by atoms with Crippen LogP contribution in [0.1, 0.15) is 58.3 Å². The molecule has 0 radical (unpaired) electrons. The van der Waals surface area contributed by atoms with Crippen molar-refractivity contribution in [3.8, 4) is 0 Å². The first-order valence-electron chi connectivity index (χ1n) is 8.30. The van der Waals surface area contributed by atoms with Crippen molar-refractivity contribution in [2.75, 3.05) is 26.2 Å². The molecule has 1 aliphatic carbocycles. The van der Waals surface area contributed by atoms with E-state index in [-0.39, 0.29) is 0 Å². The summed E-state index contributed by atoms with van der Waals surface area (Å²) in [6, 6.07) is 0. The summed E-state index contributed by atoms with van der Waals surface area (Å²) in [5.74, 6) is 1.56. The zero-order valence-corrected chi connectivity index (χ0v) is 12.5. The van der Waals surface area contributed by atoms with E-state index < -0.39 is 0 Å². The van der Waals surface area contributed by atoms with Crippen LogP contribution in [-0.4, -0.2) is 37.0 Å². The third kappa shape index (κ3) is 4.48. The van der Waals surface area contributed by atoms with Crippen molar-refractivity contribution < 1.29 is 4.79 Å². The Morgan fingerprint density at radius 3 is 2.74 bits per heavy atom.